The Morgan fingerprint density at radius 1 is 0.968 bits per heavy atom. The van der Waals surface area contributed by atoms with Crippen molar-refractivity contribution in [3.63, 3.8) is 0 Å². The van der Waals surface area contributed by atoms with Crippen LogP contribution in [0, 0.1) is 12.7 Å². The monoisotopic (exact) mass is 420 g/mol. The zero-order chi connectivity index (χ0) is 22.2. The van der Waals surface area contributed by atoms with Crippen molar-refractivity contribution in [2.75, 3.05) is 23.9 Å². The van der Waals surface area contributed by atoms with E-state index in [-0.39, 0.29) is 30.7 Å². The maximum Gasteiger partial charge on any atom is 0.253 e. The van der Waals surface area contributed by atoms with Gasteiger partial charge in [0.05, 0.1) is 13.0 Å². The first-order chi connectivity index (χ1) is 14.9. The van der Waals surface area contributed by atoms with Gasteiger partial charge in [-0.1, -0.05) is 42.0 Å². The number of ether oxygens (including phenoxy) is 1. The van der Waals surface area contributed by atoms with E-state index < -0.39 is 0 Å². The fraction of sp³-hybridized carbons (Fsp3) is 0.200. The van der Waals surface area contributed by atoms with E-state index in [9.17, 15) is 14.0 Å². The van der Waals surface area contributed by atoms with Gasteiger partial charge in [-0.25, -0.2) is 4.39 Å². The summed E-state index contributed by atoms with van der Waals surface area (Å²) in [5, 5.41) is 2.75. The number of carbonyl (C=O) groups is 2. The van der Waals surface area contributed by atoms with Crippen LogP contribution in [-0.2, 0) is 27.3 Å². The molecule has 3 aromatic rings. The third-order valence-electron chi connectivity index (χ3n) is 4.75. The predicted molar refractivity (Wildman–Crippen MR) is 119 cm³/mol. The molecule has 0 bridgehead atoms. The summed E-state index contributed by atoms with van der Waals surface area (Å²) in [6, 6.07) is 20.9. The Hall–Kier alpha value is -3.51. The van der Waals surface area contributed by atoms with Gasteiger partial charge in [0, 0.05) is 18.5 Å². The summed E-state index contributed by atoms with van der Waals surface area (Å²) in [5.74, 6) is -0.756. The quantitative estimate of drug-likeness (QED) is 0.584. The number of hydrogen-bond donors (Lipinski definition) is 1. The minimum absolute atomic E-state index is 0.0405. The number of anilines is 2. The minimum Gasteiger partial charge on any atom is -0.375 e. The van der Waals surface area contributed by atoms with Crippen molar-refractivity contribution >= 4 is 23.2 Å². The van der Waals surface area contributed by atoms with Gasteiger partial charge in [0.1, 0.15) is 12.4 Å². The summed E-state index contributed by atoms with van der Waals surface area (Å²) >= 11 is 0. The standard InChI is InChI=1S/C25H25FN2O3/c1-18-6-8-19(9-7-18)16-28(25(30)17-31-2)23-5-3-4-20(14-23)15-24(29)27-22-12-10-21(26)11-13-22/h3-14H,15-17H2,1-2H3,(H,27,29). The molecule has 0 aliphatic rings. The van der Waals surface area contributed by atoms with E-state index in [1.807, 2.05) is 55.5 Å². The van der Waals surface area contributed by atoms with Crippen molar-refractivity contribution in [1.82, 2.24) is 0 Å². The molecule has 6 heteroatoms. The summed E-state index contributed by atoms with van der Waals surface area (Å²) in [7, 11) is 1.48. The normalized spacial score (nSPS) is 10.5. The van der Waals surface area contributed by atoms with Gasteiger partial charge in [-0.15, -0.1) is 0 Å². The van der Waals surface area contributed by atoms with Crippen LogP contribution < -0.4 is 10.2 Å². The second-order valence-electron chi connectivity index (χ2n) is 7.30. The molecule has 1 N–H and O–H groups in total. The second-order valence-corrected chi connectivity index (χ2v) is 7.30. The Morgan fingerprint density at radius 3 is 2.35 bits per heavy atom. The van der Waals surface area contributed by atoms with Crippen LogP contribution in [0.5, 0.6) is 0 Å². The zero-order valence-corrected chi connectivity index (χ0v) is 17.6. The molecule has 3 rings (SSSR count). The topological polar surface area (TPSA) is 58.6 Å². The highest BCUT2D eigenvalue weighted by atomic mass is 19.1. The Balaban J connectivity index is 1.76. The number of aryl methyl sites for hydroxylation is 1. The summed E-state index contributed by atoms with van der Waals surface area (Å²) in [6.07, 6.45) is 0.127. The molecule has 2 amide bonds. The van der Waals surface area contributed by atoms with Crippen LogP contribution in [0.25, 0.3) is 0 Å². The van der Waals surface area contributed by atoms with Crippen LogP contribution in [0.3, 0.4) is 0 Å². The smallest absolute Gasteiger partial charge is 0.253 e. The molecule has 0 unspecified atom stereocenters. The molecule has 0 saturated heterocycles. The largest absolute Gasteiger partial charge is 0.375 e. The first-order valence-corrected chi connectivity index (χ1v) is 9.94. The zero-order valence-electron chi connectivity index (χ0n) is 17.6. The number of halogens is 1. The number of carbonyl (C=O) groups excluding carboxylic acids is 2. The van der Waals surface area contributed by atoms with Gasteiger partial charge in [0.2, 0.25) is 5.91 Å². The lowest BCUT2D eigenvalue weighted by molar-refractivity contribution is -0.122. The molecular weight excluding hydrogens is 395 g/mol. The first-order valence-electron chi connectivity index (χ1n) is 9.94. The van der Waals surface area contributed by atoms with Crippen molar-refractivity contribution in [3.05, 3.63) is 95.3 Å². The SMILES string of the molecule is COCC(=O)N(Cc1ccc(C)cc1)c1cccc(CC(=O)Nc2ccc(F)cc2)c1. The number of benzene rings is 3. The van der Waals surface area contributed by atoms with Crippen molar-refractivity contribution in [2.24, 2.45) is 0 Å². The average molecular weight is 420 g/mol. The van der Waals surface area contributed by atoms with E-state index in [2.05, 4.69) is 5.32 Å². The molecule has 0 aliphatic heterocycles. The molecule has 31 heavy (non-hydrogen) atoms. The lowest BCUT2D eigenvalue weighted by Gasteiger charge is -2.23. The van der Waals surface area contributed by atoms with Crippen molar-refractivity contribution in [3.8, 4) is 0 Å². The molecule has 3 aromatic carbocycles. The van der Waals surface area contributed by atoms with Gasteiger partial charge in [0.25, 0.3) is 5.91 Å². The van der Waals surface area contributed by atoms with Gasteiger partial charge >= 0.3 is 0 Å². The van der Waals surface area contributed by atoms with E-state index in [1.165, 1.54) is 31.4 Å². The highest BCUT2D eigenvalue weighted by Gasteiger charge is 2.17. The van der Waals surface area contributed by atoms with E-state index in [1.54, 1.807) is 4.90 Å². The highest BCUT2D eigenvalue weighted by Crippen LogP contribution is 2.21. The molecule has 0 heterocycles. The number of rotatable bonds is 8. The molecule has 0 radical (unpaired) electrons. The number of nitrogens with zero attached hydrogens (tertiary/aromatic N) is 1. The van der Waals surface area contributed by atoms with Crippen molar-refractivity contribution < 1.29 is 18.7 Å². The van der Waals surface area contributed by atoms with Crippen LogP contribution >= 0.6 is 0 Å². The number of amides is 2. The average Bonchev–Trinajstić information content (AvgIpc) is 2.75. The molecular formula is C25H25FN2O3. The molecule has 0 aliphatic carbocycles. The van der Waals surface area contributed by atoms with Gasteiger partial charge in [-0.05, 0) is 54.4 Å². The second kappa shape index (κ2) is 10.5. The van der Waals surface area contributed by atoms with Crippen LogP contribution in [0.2, 0.25) is 0 Å². The fourth-order valence-electron chi connectivity index (χ4n) is 3.16. The number of methoxy groups -OCH3 is 1. The minimum atomic E-state index is -0.361. The molecule has 0 fully saturated rings. The van der Waals surface area contributed by atoms with Crippen LogP contribution in [0.1, 0.15) is 16.7 Å². The maximum absolute atomic E-state index is 13.0. The maximum atomic E-state index is 13.0. The number of hydrogen-bond acceptors (Lipinski definition) is 3. The van der Waals surface area contributed by atoms with Crippen LogP contribution in [0.4, 0.5) is 15.8 Å². The molecule has 0 saturated carbocycles. The summed E-state index contributed by atoms with van der Waals surface area (Å²) in [6.45, 7) is 2.37. The third kappa shape index (κ3) is 6.49. The van der Waals surface area contributed by atoms with E-state index in [4.69, 9.17) is 4.74 Å². The fourth-order valence-corrected chi connectivity index (χ4v) is 3.16. The lowest BCUT2D eigenvalue weighted by Crippen LogP contribution is -2.33. The number of nitrogens with one attached hydrogen (secondary N) is 1. The van der Waals surface area contributed by atoms with Gasteiger partial charge < -0.3 is 15.0 Å². The van der Waals surface area contributed by atoms with E-state index in [0.717, 1.165) is 16.7 Å². The van der Waals surface area contributed by atoms with Gasteiger partial charge in [-0.2, -0.15) is 0 Å². The Labute approximate surface area is 181 Å². The summed E-state index contributed by atoms with van der Waals surface area (Å²) < 4.78 is 18.1. The predicted octanol–water partition coefficient (Wildman–Crippen LogP) is 4.49. The molecule has 160 valence electrons. The van der Waals surface area contributed by atoms with Crippen molar-refractivity contribution in [2.45, 2.75) is 19.9 Å². The van der Waals surface area contributed by atoms with E-state index >= 15 is 0 Å². The van der Waals surface area contributed by atoms with Gasteiger partial charge in [0.15, 0.2) is 0 Å². The van der Waals surface area contributed by atoms with Crippen LogP contribution in [0.15, 0.2) is 72.8 Å². The first kappa shape index (κ1) is 22.2. The Bertz CT molecular complexity index is 1030. The molecule has 0 spiro atoms. The Morgan fingerprint density at radius 2 is 1.68 bits per heavy atom. The summed E-state index contributed by atoms with van der Waals surface area (Å²) in [4.78, 5) is 26.8. The molecule has 0 aromatic heterocycles. The third-order valence-corrected chi connectivity index (χ3v) is 4.75. The molecule has 0 atom stereocenters. The Kier molecular flexibility index (Phi) is 7.51. The van der Waals surface area contributed by atoms with Crippen molar-refractivity contribution in [1.29, 1.82) is 0 Å². The molecule has 5 nitrogen and oxygen atoms in total. The highest BCUT2D eigenvalue weighted by molar-refractivity contribution is 5.95. The van der Waals surface area contributed by atoms with Gasteiger partial charge in [-0.3, -0.25) is 9.59 Å². The summed E-state index contributed by atoms with van der Waals surface area (Å²) in [5.41, 5.74) is 4.12. The van der Waals surface area contributed by atoms with E-state index in [0.29, 0.717) is 17.9 Å². The lowest BCUT2D eigenvalue weighted by atomic mass is 10.1. The van der Waals surface area contributed by atoms with Crippen LogP contribution in [-0.4, -0.2) is 25.5 Å².